The highest BCUT2D eigenvalue weighted by Gasteiger charge is 2.20. The molecule has 126 valence electrons. The lowest BCUT2D eigenvalue weighted by Crippen LogP contribution is -2.41. The number of hydrogen-bond acceptors (Lipinski definition) is 3. The number of nitrogens with zero attached hydrogens (tertiary/aromatic N) is 2. The van der Waals surface area contributed by atoms with Crippen LogP contribution in [0.4, 0.5) is 10.5 Å². The molecular formula is C19H23N3O2. The van der Waals surface area contributed by atoms with E-state index in [-0.39, 0.29) is 6.03 Å². The minimum Gasteiger partial charge on any atom is -0.489 e. The van der Waals surface area contributed by atoms with Gasteiger partial charge in [0.1, 0.15) is 12.4 Å². The number of carbonyl (C=O) groups excluding carboxylic acids is 1. The van der Waals surface area contributed by atoms with Crippen LogP contribution in [0.5, 0.6) is 5.75 Å². The van der Waals surface area contributed by atoms with Crippen molar-refractivity contribution in [3.05, 3.63) is 54.4 Å². The minimum absolute atomic E-state index is 0.0226. The van der Waals surface area contributed by atoms with Crippen LogP contribution in [0.2, 0.25) is 0 Å². The van der Waals surface area contributed by atoms with Crippen LogP contribution in [0.1, 0.15) is 25.3 Å². The number of ether oxygens (including phenoxy) is 1. The summed E-state index contributed by atoms with van der Waals surface area (Å²) >= 11 is 0. The minimum atomic E-state index is -0.0226. The number of hydrogen-bond donors (Lipinski definition) is 1. The van der Waals surface area contributed by atoms with Crippen molar-refractivity contribution < 1.29 is 9.53 Å². The molecule has 2 aromatic rings. The number of pyridine rings is 1. The van der Waals surface area contributed by atoms with Crippen molar-refractivity contribution in [2.45, 2.75) is 26.4 Å². The van der Waals surface area contributed by atoms with Gasteiger partial charge in [-0.3, -0.25) is 4.98 Å². The first kappa shape index (κ1) is 16.3. The number of anilines is 1. The van der Waals surface area contributed by atoms with Gasteiger partial charge >= 0.3 is 6.03 Å². The molecular weight excluding hydrogens is 302 g/mol. The first-order valence-corrected chi connectivity index (χ1v) is 8.38. The number of rotatable bonds is 4. The van der Waals surface area contributed by atoms with Crippen molar-refractivity contribution in [2.24, 2.45) is 5.92 Å². The number of amides is 2. The Kier molecular flexibility index (Phi) is 5.31. The summed E-state index contributed by atoms with van der Waals surface area (Å²) in [5.41, 5.74) is 1.81. The Morgan fingerprint density at radius 2 is 2.17 bits per heavy atom. The number of piperidine rings is 1. The molecule has 1 aromatic carbocycles. The number of nitrogens with one attached hydrogen (secondary N) is 1. The second-order valence-electron chi connectivity index (χ2n) is 6.30. The maximum absolute atomic E-state index is 12.3. The van der Waals surface area contributed by atoms with Crippen molar-refractivity contribution in [3.8, 4) is 5.75 Å². The Morgan fingerprint density at radius 1 is 1.33 bits per heavy atom. The molecule has 5 heteroatoms. The number of urea groups is 1. The summed E-state index contributed by atoms with van der Waals surface area (Å²) in [6.07, 6.45) is 5.81. The molecule has 2 amide bonds. The number of likely N-dealkylation sites (tertiary alicyclic amines) is 1. The highest BCUT2D eigenvalue weighted by Crippen LogP contribution is 2.19. The molecule has 1 saturated heterocycles. The molecule has 3 rings (SSSR count). The van der Waals surface area contributed by atoms with Crippen LogP contribution in [0, 0.1) is 5.92 Å². The molecule has 1 aromatic heterocycles. The summed E-state index contributed by atoms with van der Waals surface area (Å²) in [5, 5.41) is 2.95. The predicted octanol–water partition coefficient (Wildman–Crippen LogP) is 3.92. The number of benzene rings is 1. The highest BCUT2D eigenvalue weighted by molar-refractivity contribution is 5.89. The molecule has 1 aliphatic rings. The van der Waals surface area contributed by atoms with E-state index in [0.717, 1.165) is 36.5 Å². The zero-order valence-corrected chi connectivity index (χ0v) is 13.9. The van der Waals surface area contributed by atoms with Gasteiger partial charge in [-0.05, 0) is 49.1 Å². The van der Waals surface area contributed by atoms with Crippen molar-refractivity contribution >= 4 is 11.7 Å². The summed E-state index contributed by atoms with van der Waals surface area (Å²) < 4.78 is 5.72. The van der Waals surface area contributed by atoms with E-state index in [1.807, 2.05) is 41.3 Å². The molecule has 0 unspecified atom stereocenters. The quantitative estimate of drug-likeness (QED) is 0.927. The maximum atomic E-state index is 12.3. The van der Waals surface area contributed by atoms with Gasteiger partial charge in [0.05, 0.1) is 0 Å². The second kappa shape index (κ2) is 7.81. The molecule has 1 fully saturated rings. The largest absolute Gasteiger partial charge is 0.489 e. The van der Waals surface area contributed by atoms with Crippen LogP contribution in [0.25, 0.3) is 0 Å². The summed E-state index contributed by atoms with van der Waals surface area (Å²) in [7, 11) is 0. The molecule has 24 heavy (non-hydrogen) atoms. The molecule has 0 saturated carbocycles. The topological polar surface area (TPSA) is 54.5 Å². The fraction of sp³-hybridized carbons (Fsp3) is 0.368. The summed E-state index contributed by atoms with van der Waals surface area (Å²) in [6, 6.07) is 11.3. The average molecular weight is 325 g/mol. The van der Waals surface area contributed by atoms with Crippen LogP contribution in [-0.2, 0) is 6.61 Å². The molecule has 0 bridgehead atoms. The van der Waals surface area contributed by atoms with Crippen LogP contribution >= 0.6 is 0 Å². The second-order valence-corrected chi connectivity index (χ2v) is 6.30. The molecule has 1 N–H and O–H groups in total. The molecule has 0 spiro atoms. The van der Waals surface area contributed by atoms with E-state index in [1.54, 1.807) is 12.4 Å². The average Bonchev–Trinajstić information content (AvgIpc) is 2.62. The standard InChI is InChI=1S/C19H23N3O2/c1-15-4-3-11-22(13-15)19(23)21-17-6-8-18(9-7-17)24-14-16-5-2-10-20-12-16/h2,5-10,12,15H,3-4,11,13-14H2,1H3,(H,21,23)/t15-/m1/s1. The van der Waals surface area contributed by atoms with E-state index < -0.39 is 0 Å². The van der Waals surface area contributed by atoms with Gasteiger partial charge < -0.3 is 15.0 Å². The Bertz CT molecular complexity index is 658. The zero-order valence-electron chi connectivity index (χ0n) is 13.9. The van der Waals surface area contributed by atoms with Gasteiger partial charge in [0.2, 0.25) is 0 Å². The monoisotopic (exact) mass is 325 g/mol. The Morgan fingerprint density at radius 3 is 2.88 bits per heavy atom. The fourth-order valence-corrected chi connectivity index (χ4v) is 2.86. The Balaban J connectivity index is 1.51. The Hall–Kier alpha value is -2.56. The third-order valence-corrected chi connectivity index (χ3v) is 4.18. The summed E-state index contributed by atoms with van der Waals surface area (Å²) in [6.45, 7) is 4.33. The molecule has 1 aliphatic heterocycles. The third-order valence-electron chi connectivity index (χ3n) is 4.18. The van der Waals surface area contributed by atoms with E-state index >= 15 is 0 Å². The molecule has 0 radical (unpaired) electrons. The lowest BCUT2D eigenvalue weighted by atomic mass is 10.0. The van der Waals surface area contributed by atoms with Crippen molar-refractivity contribution in [1.29, 1.82) is 0 Å². The smallest absolute Gasteiger partial charge is 0.321 e. The van der Waals surface area contributed by atoms with Gasteiger partial charge in [-0.25, -0.2) is 4.79 Å². The highest BCUT2D eigenvalue weighted by atomic mass is 16.5. The number of aromatic nitrogens is 1. The molecule has 2 heterocycles. The summed E-state index contributed by atoms with van der Waals surface area (Å²) in [5.74, 6) is 1.34. The zero-order chi connectivity index (χ0) is 16.8. The lowest BCUT2D eigenvalue weighted by Gasteiger charge is -2.30. The van der Waals surface area contributed by atoms with Crippen LogP contribution in [-0.4, -0.2) is 29.0 Å². The van der Waals surface area contributed by atoms with Gasteiger partial charge in [0.15, 0.2) is 0 Å². The van der Waals surface area contributed by atoms with E-state index in [1.165, 1.54) is 6.42 Å². The predicted molar refractivity (Wildman–Crippen MR) is 94.0 cm³/mol. The van der Waals surface area contributed by atoms with Crippen molar-refractivity contribution in [3.63, 3.8) is 0 Å². The molecule has 0 aliphatic carbocycles. The SMILES string of the molecule is C[C@@H]1CCCN(C(=O)Nc2ccc(OCc3cccnc3)cc2)C1. The third kappa shape index (κ3) is 4.47. The maximum Gasteiger partial charge on any atom is 0.321 e. The first-order chi connectivity index (χ1) is 11.7. The lowest BCUT2D eigenvalue weighted by molar-refractivity contribution is 0.182. The first-order valence-electron chi connectivity index (χ1n) is 8.38. The van der Waals surface area contributed by atoms with Gasteiger partial charge in [0, 0.05) is 36.7 Å². The van der Waals surface area contributed by atoms with Crippen LogP contribution < -0.4 is 10.1 Å². The van der Waals surface area contributed by atoms with Crippen molar-refractivity contribution in [1.82, 2.24) is 9.88 Å². The Labute approximate surface area is 142 Å². The van der Waals surface area contributed by atoms with Gasteiger partial charge in [0.25, 0.3) is 0 Å². The van der Waals surface area contributed by atoms with E-state index in [0.29, 0.717) is 12.5 Å². The molecule has 1 atom stereocenters. The van der Waals surface area contributed by atoms with E-state index in [2.05, 4.69) is 17.2 Å². The molecule has 5 nitrogen and oxygen atoms in total. The van der Waals surface area contributed by atoms with Gasteiger partial charge in [-0.15, -0.1) is 0 Å². The van der Waals surface area contributed by atoms with E-state index in [4.69, 9.17) is 4.74 Å². The van der Waals surface area contributed by atoms with Gasteiger partial charge in [-0.1, -0.05) is 13.0 Å². The van der Waals surface area contributed by atoms with Crippen LogP contribution in [0.3, 0.4) is 0 Å². The van der Waals surface area contributed by atoms with E-state index in [9.17, 15) is 4.79 Å². The normalized spacial score (nSPS) is 17.4. The summed E-state index contributed by atoms with van der Waals surface area (Å²) in [4.78, 5) is 18.2. The number of carbonyl (C=O) groups is 1. The van der Waals surface area contributed by atoms with Gasteiger partial charge in [-0.2, -0.15) is 0 Å². The van der Waals surface area contributed by atoms with Crippen molar-refractivity contribution in [2.75, 3.05) is 18.4 Å². The van der Waals surface area contributed by atoms with Crippen LogP contribution in [0.15, 0.2) is 48.8 Å². The fourth-order valence-electron chi connectivity index (χ4n) is 2.86.